The van der Waals surface area contributed by atoms with Crippen LogP contribution in [-0.2, 0) is 0 Å². The maximum absolute atomic E-state index is 13.8. The molecule has 0 spiro atoms. The Morgan fingerprint density at radius 1 is 1.38 bits per heavy atom. The first-order valence-electron chi connectivity index (χ1n) is 5.11. The number of nitrogens with two attached hydrogens (primary N) is 1. The Bertz CT molecular complexity index is 468. The fraction of sp³-hybridized carbons (Fsp3) is 0.250. The highest BCUT2D eigenvalue weighted by Gasteiger charge is 2.18. The summed E-state index contributed by atoms with van der Waals surface area (Å²) in [6.07, 6.45) is 3.28. The molecule has 3 nitrogen and oxygen atoms in total. The zero-order valence-corrected chi connectivity index (χ0v) is 9.29. The highest BCUT2D eigenvalue weighted by molar-refractivity contribution is 5.36. The number of nitrogens with zero attached hydrogens (tertiary/aromatic N) is 1. The van der Waals surface area contributed by atoms with Crippen LogP contribution in [0.25, 0.3) is 0 Å². The molecule has 1 atom stereocenters. The fourth-order valence-corrected chi connectivity index (χ4v) is 1.91. The topological polar surface area (TPSA) is 54.7 Å². The molecule has 1 aromatic carbocycles. The number of hydrogen-bond donors (Lipinski definition) is 2. The van der Waals surface area contributed by atoms with E-state index in [1.807, 2.05) is 19.9 Å². The molecular weight excluding hydrogens is 205 g/mol. The van der Waals surface area contributed by atoms with E-state index in [2.05, 4.69) is 9.97 Å². The van der Waals surface area contributed by atoms with Crippen LogP contribution in [0.4, 0.5) is 4.39 Å². The first kappa shape index (κ1) is 10.8. The SMILES string of the molecule is Cc1cc(C)c(C(N)c2ncc[nH]2)c(F)c1. The van der Waals surface area contributed by atoms with Crippen LogP contribution < -0.4 is 5.73 Å². The lowest BCUT2D eigenvalue weighted by molar-refractivity contribution is 0.591. The van der Waals surface area contributed by atoms with E-state index >= 15 is 0 Å². The number of nitrogens with one attached hydrogen (secondary N) is 1. The summed E-state index contributed by atoms with van der Waals surface area (Å²) < 4.78 is 13.8. The molecule has 16 heavy (non-hydrogen) atoms. The van der Waals surface area contributed by atoms with Gasteiger partial charge >= 0.3 is 0 Å². The van der Waals surface area contributed by atoms with Gasteiger partial charge in [-0.05, 0) is 31.0 Å². The third-order valence-electron chi connectivity index (χ3n) is 2.61. The number of halogens is 1. The molecule has 0 amide bonds. The molecule has 0 aliphatic rings. The minimum absolute atomic E-state index is 0.276. The van der Waals surface area contributed by atoms with Gasteiger partial charge < -0.3 is 10.7 Å². The normalized spacial score (nSPS) is 12.8. The quantitative estimate of drug-likeness (QED) is 0.813. The molecule has 1 aromatic heterocycles. The Labute approximate surface area is 93.5 Å². The van der Waals surface area contributed by atoms with Crippen LogP contribution in [0.3, 0.4) is 0 Å². The van der Waals surface area contributed by atoms with Crippen LogP contribution in [0.1, 0.15) is 28.6 Å². The van der Waals surface area contributed by atoms with E-state index in [-0.39, 0.29) is 5.82 Å². The van der Waals surface area contributed by atoms with Crippen molar-refractivity contribution in [1.82, 2.24) is 9.97 Å². The average molecular weight is 219 g/mol. The Hall–Kier alpha value is -1.68. The molecule has 2 aromatic rings. The molecule has 4 heteroatoms. The van der Waals surface area contributed by atoms with Gasteiger partial charge in [0, 0.05) is 18.0 Å². The van der Waals surface area contributed by atoms with Crippen molar-refractivity contribution in [3.63, 3.8) is 0 Å². The summed E-state index contributed by atoms with van der Waals surface area (Å²) in [5.74, 6) is 0.298. The number of benzene rings is 1. The molecule has 0 radical (unpaired) electrons. The monoisotopic (exact) mass is 219 g/mol. The predicted octanol–water partition coefficient (Wildman–Crippen LogP) is 2.21. The second kappa shape index (κ2) is 4.06. The lowest BCUT2D eigenvalue weighted by Crippen LogP contribution is -2.16. The lowest BCUT2D eigenvalue weighted by atomic mass is 9.98. The third-order valence-corrected chi connectivity index (χ3v) is 2.61. The van der Waals surface area contributed by atoms with E-state index in [0.717, 1.165) is 11.1 Å². The Morgan fingerprint density at radius 3 is 2.69 bits per heavy atom. The molecule has 0 saturated heterocycles. The summed E-state index contributed by atoms with van der Waals surface area (Å²) in [5.41, 5.74) is 8.22. The largest absolute Gasteiger partial charge is 0.347 e. The molecule has 0 fully saturated rings. The molecule has 84 valence electrons. The van der Waals surface area contributed by atoms with E-state index in [1.165, 1.54) is 6.07 Å². The average Bonchev–Trinajstić information content (AvgIpc) is 2.67. The summed E-state index contributed by atoms with van der Waals surface area (Å²) in [6.45, 7) is 3.71. The van der Waals surface area contributed by atoms with Crippen molar-refractivity contribution in [2.45, 2.75) is 19.9 Å². The van der Waals surface area contributed by atoms with E-state index < -0.39 is 6.04 Å². The Balaban J connectivity index is 2.48. The Kier molecular flexibility index (Phi) is 2.75. The van der Waals surface area contributed by atoms with Gasteiger partial charge in [0.15, 0.2) is 0 Å². The van der Waals surface area contributed by atoms with Gasteiger partial charge in [0.25, 0.3) is 0 Å². The van der Waals surface area contributed by atoms with Crippen molar-refractivity contribution in [2.24, 2.45) is 5.73 Å². The number of H-pyrrole nitrogens is 1. The van der Waals surface area contributed by atoms with Crippen LogP contribution in [0, 0.1) is 19.7 Å². The number of imidazole rings is 1. The Morgan fingerprint density at radius 2 is 2.12 bits per heavy atom. The van der Waals surface area contributed by atoms with E-state index in [1.54, 1.807) is 12.4 Å². The summed E-state index contributed by atoms with van der Waals surface area (Å²) in [4.78, 5) is 6.95. The molecule has 3 N–H and O–H groups in total. The van der Waals surface area contributed by atoms with E-state index in [9.17, 15) is 4.39 Å². The molecule has 0 aliphatic carbocycles. The molecule has 0 aliphatic heterocycles. The third kappa shape index (κ3) is 1.84. The van der Waals surface area contributed by atoms with Gasteiger partial charge in [-0.15, -0.1) is 0 Å². The molecular formula is C12H14FN3. The number of aromatic nitrogens is 2. The van der Waals surface area contributed by atoms with Crippen molar-refractivity contribution >= 4 is 0 Å². The number of aromatic amines is 1. The summed E-state index contributed by atoms with van der Waals surface area (Å²) in [5, 5.41) is 0. The zero-order valence-electron chi connectivity index (χ0n) is 9.29. The van der Waals surface area contributed by atoms with Gasteiger partial charge in [-0.1, -0.05) is 6.07 Å². The second-order valence-corrected chi connectivity index (χ2v) is 3.93. The first-order valence-corrected chi connectivity index (χ1v) is 5.11. The van der Waals surface area contributed by atoms with Crippen LogP contribution in [-0.4, -0.2) is 9.97 Å². The first-order chi connectivity index (χ1) is 7.59. The summed E-state index contributed by atoms with van der Waals surface area (Å²) in [6, 6.07) is 2.86. The maximum atomic E-state index is 13.8. The summed E-state index contributed by atoms with van der Waals surface area (Å²) >= 11 is 0. The van der Waals surface area contributed by atoms with E-state index in [0.29, 0.717) is 11.4 Å². The minimum Gasteiger partial charge on any atom is -0.347 e. The summed E-state index contributed by atoms with van der Waals surface area (Å²) in [7, 11) is 0. The van der Waals surface area contributed by atoms with Gasteiger partial charge in [0.1, 0.15) is 11.6 Å². The highest BCUT2D eigenvalue weighted by atomic mass is 19.1. The van der Waals surface area contributed by atoms with Crippen LogP contribution >= 0.6 is 0 Å². The number of rotatable bonds is 2. The molecule has 1 unspecified atom stereocenters. The predicted molar refractivity (Wildman–Crippen MR) is 60.5 cm³/mol. The van der Waals surface area contributed by atoms with Crippen LogP contribution in [0.15, 0.2) is 24.5 Å². The van der Waals surface area contributed by atoms with Crippen molar-refractivity contribution in [2.75, 3.05) is 0 Å². The fourth-order valence-electron chi connectivity index (χ4n) is 1.91. The van der Waals surface area contributed by atoms with Crippen LogP contribution in [0.5, 0.6) is 0 Å². The highest BCUT2D eigenvalue weighted by Crippen LogP contribution is 2.24. The van der Waals surface area contributed by atoms with Gasteiger partial charge in [0.05, 0.1) is 6.04 Å². The van der Waals surface area contributed by atoms with Gasteiger partial charge in [-0.3, -0.25) is 0 Å². The van der Waals surface area contributed by atoms with Crippen molar-refractivity contribution in [3.8, 4) is 0 Å². The van der Waals surface area contributed by atoms with Crippen LogP contribution in [0.2, 0.25) is 0 Å². The smallest absolute Gasteiger partial charge is 0.128 e. The second-order valence-electron chi connectivity index (χ2n) is 3.93. The lowest BCUT2D eigenvalue weighted by Gasteiger charge is -2.14. The standard InChI is InChI=1S/C12H14FN3/c1-7-5-8(2)10(9(13)6-7)11(14)12-15-3-4-16-12/h3-6,11H,14H2,1-2H3,(H,15,16). The molecule has 2 rings (SSSR count). The number of hydrogen-bond acceptors (Lipinski definition) is 2. The maximum Gasteiger partial charge on any atom is 0.128 e. The zero-order chi connectivity index (χ0) is 11.7. The van der Waals surface area contributed by atoms with Gasteiger partial charge in [0.2, 0.25) is 0 Å². The minimum atomic E-state index is -0.546. The van der Waals surface area contributed by atoms with Crippen molar-refractivity contribution < 1.29 is 4.39 Å². The van der Waals surface area contributed by atoms with Gasteiger partial charge in [-0.2, -0.15) is 0 Å². The molecule has 0 saturated carbocycles. The molecule has 0 bridgehead atoms. The number of aryl methyl sites for hydroxylation is 2. The van der Waals surface area contributed by atoms with Gasteiger partial charge in [-0.25, -0.2) is 9.37 Å². The molecule has 1 heterocycles. The van der Waals surface area contributed by atoms with Crippen molar-refractivity contribution in [3.05, 3.63) is 52.9 Å². The van der Waals surface area contributed by atoms with Crippen molar-refractivity contribution in [1.29, 1.82) is 0 Å². The van der Waals surface area contributed by atoms with E-state index in [4.69, 9.17) is 5.73 Å².